The Morgan fingerprint density at radius 1 is 1.42 bits per heavy atom. The summed E-state index contributed by atoms with van der Waals surface area (Å²) in [5.41, 5.74) is 0.280. The monoisotopic (exact) mass is 373 g/mol. The molecule has 0 saturated carbocycles. The van der Waals surface area contributed by atoms with Gasteiger partial charge >= 0.3 is 5.97 Å². The highest BCUT2D eigenvalue weighted by Crippen LogP contribution is 2.34. The maximum absolute atomic E-state index is 12.2. The molecular formula is C15H17Cl2N3O4. The van der Waals surface area contributed by atoms with E-state index in [-0.39, 0.29) is 23.2 Å². The van der Waals surface area contributed by atoms with Crippen molar-refractivity contribution < 1.29 is 19.5 Å². The number of hydrogen-bond acceptors (Lipinski definition) is 5. The first-order valence-corrected chi connectivity index (χ1v) is 7.94. The van der Waals surface area contributed by atoms with Gasteiger partial charge in [-0.15, -0.1) is 0 Å². The zero-order chi connectivity index (χ0) is 18.1. The smallest absolute Gasteiger partial charge is 0.330 e. The summed E-state index contributed by atoms with van der Waals surface area (Å²) in [7, 11) is 0. The van der Waals surface area contributed by atoms with Crippen molar-refractivity contribution in [3.8, 4) is 0 Å². The maximum atomic E-state index is 12.2. The van der Waals surface area contributed by atoms with Crippen LogP contribution in [0.25, 0.3) is 0 Å². The molecule has 1 heterocycles. The Balaban J connectivity index is 2.18. The number of hydrogen-bond donors (Lipinski definition) is 1. The lowest BCUT2D eigenvalue weighted by Crippen LogP contribution is -2.30. The van der Waals surface area contributed by atoms with Gasteiger partial charge in [0.15, 0.2) is 6.04 Å². The van der Waals surface area contributed by atoms with Crippen LogP contribution in [-0.4, -0.2) is 34.7 Å². The number of carbonyl (C=O) groups is 2. The van der Waals surface area contributed by atoms with Gasteiger partial charge in [-0.1, -0.05) is 23.2 Å². The fraction of sp³-hybridized carbons (Fsp3) is 0.467. The number of aliphatic carboxylic acids is 1. The molecular weight excluding hydrogens is 357 g/mol. The third kappa shape index (κ3) is 4.03. The minimum Gasteiger partial charge on any atom is -0.480 e. The van der Waals surface area contributed by atoms with Gasteiger partial charge in [0, 0.05) is 5.02 Å². The Hall–Kier alpha value is -1.70. The lowest BCUT2D eigenvalue weighted by Gasteiger charge is -2.17. The first kappa shape index (κ1) is 18.6. The van der Waals surface area contributed by atoms with Crippen molar-refractivity contribution in [2.75, 3.05) is 6.61 Å². The number of rotatable bonds is 5. The van der Waals surface area contributed by atoms with Gasteiger partial charge in [0.05, 0.1) is 23.6 Å². The van der Waals surface area contributed by atoms with Crippen molar-refractivity contribution in [3.63, 3.8) is 0 Å². The number of carbonyl (C=O) groups excluding carboxylic acids is 1. The van der Waals surface area contributed by atoms with Gasteiger partial charge in [-0.3, -0.25) is 9.63 Å². The van der Waals surface area contributed by atoms with Crippen molar-refractivity contribution in [2.24, 2.45) is 15.6 Å². The third-order valence-electron chi connectivity index (χ3n) is 3.51. The van der Waals surface area contributed by atoms with Gasteiger partial charge in [-0.25, -0.2) is 9.86 Å². The van der Waals surface area contributed by atoms with Crippen LogP contribution in [0, 0.1) is 5.41 Å². The molecule has 1 unspecified atom stereocenters. The Kier molecular flexibility index (Phi) is 5.47. The molecule has 0 aliphatic carbocycles. The van der Waals surface area contributed by atoms with Gasteiger partial charge in [0.2, 0.25) is 0 Å². The van der Waals surface area contributed by atoms with Crippen molar-refractivity contribution in [1.29, 1.82) is 0 Å². The molecule has 0 spiro atoms. The van der Waals surface area contributed by atoms with Crippen LogP contribution in [0.5, 0.6) is 0 Å². The molecule has 1 aliphatic heterocycles. The summed E-state index contributed by atoms with van der Waals surface area (Å²) in [5.74, 6) is -1.22. The Labute approximate surface area is 149 Å². The number of hydroxylamine groups is 2. The molecule has 2 rings (SSSR count). The summed E-state index contributed by atoms with van der Waals surface area (Å²) < 4.78 is 0. The van der Waals surface area contributed by atoms with Gasteiger partial charge < -0.3 is 5.11 Å². The summed E-state index contributed by atoms with van der Waals surface area (Å²) >= 11 is 12.3. The Bertz CT molecular complexity index is 706. The first-order chi connectivity index (χ1) is 11.1. The minimum atomic E-state index is -1.09. The van der Waals surface area contributed by atoms with E-state index in [0.29, 0.717) is 17.2 Å². The molecule has 1 N–H and O–H groups in total. The Morgan fingerprint density at radius 3 is 2.62 bits per heavy atom. The average molecular weight is 374 g/mol. The fourth-order valence-corrected chi connectivity index (χ4v) is 2.38. The second kappa shape index (κ2) is 7.04. The summed E-state index contributed by atoms with van der Waals surface area (Å²) in [6.07, 6.45) is 0. The molecule has 1 amide bonds. The molecule has 1 aromatic carbocycles. The van der Waals surface area contributed by atoms with Crippen molar-refractivity contribution >= 4 is 40.8 Å². The summed E-state index contributed by atoms with van der Waals surface area (Å²) in [5, 5.41) is 18.1. The highest BCUT2D eigenvalue weighted by molar-refractivity contribution is 6.35. The Morgan fingerprint density at radius 2 is 2.08 bits per heavy atom. The van der Waals surface area contributed by atoms with Crippen LogP contribution < -0.4 is 0 Å². The molecule has 0 bridgehead atoms. The van der Waals surface area contributed by atoms with Crippen LogP contribution in [0.3, 0.4) is 0 Å². The molecule has 24 heavy (non-hydrogen) atoms. The molecule has 1 atom stereocenters. The topological polar surface area (TPSA) is 91.6 Å². The summed E-state index contributed by atoms with van der Waals surface area (Å²) in [6.45, 7) is 5.46. The highest BCUT2D eigenvalue weighted by Gasteiger charge is 2.40. The van der Waals surface area contributed by atoms with Crippen LogP contribution in [-0.2, 0) is 21.0 Å². The lowest BCUT2D eigenvalue weighted by atomic mass is 9.95. The predicted molar refractivity (Wildman–Crippen MR) is 88.4 cm³/mol. The normalized spacial score (nSPS) is 18.4. The van der Waals surface area contributed by atoms with Crippen molar-refractivity contribution in [1.82, 2.24) is 5.06 Å². The van der Waals surface area contributed by atoms with E-state index in [1.807, 2.05) is 0 Å². The van der Waals surface area contributed by atoms with Gasteiger partial charge in [-0.2, -0.15) is 10.2 Å². The van der Waals surface area contributed by atoms with E-state index in [1.54, 1.807) is 19.9 Å². The first-order valence-electron chi connectivity index (χ1n) is 7.18. The van der Waals surface area contributed by atoms with Gasteiger partial charge in [0.25, 0.3) is 5.91 Å². The molecule has 1 fully saturated rings. The third-order valence-corrected chi connectivity index (χ3v) is 4.17. The second-order valence-electron chi connectivity index (χ2n) is 6.12. The van der Waals surface area contributed by atoms with Gasteiger partial charge in [-0.05, 0) is 38.5 Å². The fourth-order valence-electron chi connectivity index (χ4n) is 1.94. The number of carboxylic acid groups (broad SMARTS) is 1. The lowest BCUT2D eigenvalue weighted by molar-refractivity contribution is -0.165. The largest absolute Gasteiger partial charge is 0.480 e. The maximum Gasteiger partial charge on any atom is 0.330 e. The van der Waals surface area contributed by atoms with Crippen molar-refractivity contribution in [2.45, 2.75) is 33.4 Å². The van der Waals surface area contributed by atoms with E-state index in [2.05, 4.69) is 10.2 Å². The molecule has 1 saturated heterocycles. The predicted octanol–water partition coefficient (Wildman–Crippen LogP) is 3.85. The van der Waals surface area contributed by atoms with E-state index in [4.69, 9.17) is 33.1 Å². The minimum absolute atomic E-state index is 0.131. The quantitative estimate of drug-likeness (QED) is 0.793. The van der Waals surface area contributed by atoms with Crippen molar-refractivity contribution in [3.05, 3.63) is 27.7 Å². The number of nitrogens with zero attached hydrogens (tertiary/aromatic N) is 3. The van der Waals surface area contributed by atoms with Crippen LogP contribution in [0.15, 0.2) is 22.4 Å². The van der Waals surface area contributed by atoms with Gasteiger partial charge in [0.1, 0.15) is 5.69 Å². The molecule has 0 aromatic heterocycles. The number of amides is 1. The zero-order valence-electron chi connectivity index (χ0n) is 13.4. The zero-order valence-corrected chi connectivity index (χ0v) is 14.9. The van der Waals surface area contributed by atoms with Crippen LogP contribution in [0.1, 0.15) is 26.3 Å². The highest BCUT2D eigenvalue weighted by atomic mass is 35.5. The molecule has 1 aromatic rings. The summed E-state index contributed by atoms with van der Waals surface area (Å²) in [4.78, 5) is 28.3. The number of benzene rings is 1. The number of carboxylic acids is 1. The van der Waals surface area contributed by atoms with Crippen LogP contribution in [0.4, 0.5) is 5.69 Å². The molecule has 0 radical (unpaired) electrons. The molecule has 9 heteroatoms. The standard InChI is InChI=1S/C15H17Cl2N3O4/c1-8(13(21)22)18-19-12-5-10(16)9(4-11(12)17)6-20-14(23)15(2,3)7-24-20/h4-5,8H,6-7H2,1-3H3,(H,21,22). The van der Waals surface area contributed by atoms with E-state index in [9.17, 15) is 9.59 Å². The summed E-state index contributed by atoms with van der Waals surface area (Å²) in [6, 6.07) is 2.05. The molecule has 7 nitrogen and oxygen atoms in total. The van der Waals surface area contributed by atoms with E-state index in [0.717, 1.165) is 0 Å². The van der Waals surface area contributed by atoms with Crippen LogP contribution in [0.2, 0.25) is 10.0 Å². The molecule has 1 aliphatic rings. The number of azo groups is 1. The average Bonchev–Trinajstić information content (AvgIpc) is 2.75. The van der Waals surface area contributed by atoms with E-state index in [1.165, 1.54) is 18.1 Å². The van der Waals surface area contributed by atoms with Crippen LogP contribution >= 0.6 is 23.2 Å². The number of halogens is 2. The van der Waals surface area contributed by atoms with E-state index < -0.39 is 17.4 Å². The second-order valence-corrected chi connectivity index (χ2v) is 6.94. The SMILES string of the molecule is CC(N=Nc1cc(Cl)c(CN2OCC(C)(C)C2=O)cc1Cl)C(=O)O. The molecule has 130 valence electrons. The van der Waals surface area contributed by atoms with E-state index >= 15 is 0 Å².